The van der Waals surface area contributed by atoms with Gasteiger partial charge in [0.1, 0.15) is 11.5 Å². The Morgan fingerprint density at radius 3 is 2.53 bits per heavy atom. The van der Waals surface area contributed by atoms with E-state index >= 15 is 0 Å². The van der Waals surface area contributed by atoms with Crippen molar-refractivity contribution in [3.8, 4) is 0 Å². The van der Waals surface area contributed by atoms with Gasteiger partial charge in [0.15, 0.2) is 0 Å². The molecule has 1 unspecified atom stereocenters. The molecule has 0 saturated heterocycles. The van der Waals surface area contributed by atoms with Crippen LogP contribution in [0.5, 0.6) is 0 Å². The van der Waals surface area contributed by atoms with Gasteiger partial charge in [-0.1, -0.05) is 13.8 Å². The number of aromatic nitrogens is 1. The van der Waals surface area contributed by atoms with Crippen LogP contribution in [0.3, 0.4) is 0 Å². The first-order valence-electron chi connectivity index (χ1n) is 5.15. The molecule has 0 saturated carbocycles. The molecule has 0 aliphatic rings. The molecule has 17 heavy (non-hydrogen) atoms. The van der Waals surface area contributed by atoms with Gasteiger partial charge in [0, 0.05) is 16.7 Å². The average Bonchev–Trinajstić information content (AvgIpc) is 2.19. The molecule has 1 rings (SSSR count). The lowest BCUT2D eigenvalue weighted by Crippen LogP contribution is -2.18. The van der Waals surface area contributed by atoms with Crippen LogP contribution < -0.4 is 0 Å². The minimum atomic E-state index is -0.538. The van der Waals surface area contributed by atoms with E-state index in [9.17, 15) is 14.9 Å². The Morgan fingerprint density at radius 2 is 2.12 bits per heavy atom. The average molecular weight is 301 g/mol. The van der Waals surface area contributed by atoms with Crippen molar-refractivity contribution in [3.63, 3.8) is 0 Å². The van der Waals surface area contributed by atoms with E-state index in [1.54, 1.807) is 0 Å². The smallest absolute Gasteiger partial charge is 0.292 e. The number of carbonyl (C=O) groups is 1. The largest absolute Gasteiger partial charge is 0.299 e. The quantitative estimate of drug-likeness (QED) is 0.632. The number of carbonyl (C=O) groups excluding carboxylic acids is 1. The molecule has 0 bridgehead atoms. The normalized spacial score (nSPS) is 12.5. The van der Waals surface area contributed by atoms with E-state index in [1.807, 2.05) is 13.8 Å². The Morgan fingerprint density at radius 1 is 1.53 bits per heavy atom. The lowest BCUT2D eigenvalue weighted by molar-refractivity contribution is -0.386. The molecule has 1 aromatic rings. The number of hydrogen-bond acceptors (Lipinski definition) is 4. The second-order valence-corrected chi connectivity index (χ2v) is 5.06. The van der Waals surface area contributed by atoms with Crippen molar-refractivity contribution < 1.29 is 9.72 Å². The molecule has 0 aliphatic carbocycles. The number of hydrogen-bond donors (Lipinski definition) is 0. The molecule has 0 fully saturated rings. The van der Waals surface area contributed by atoms with Gasteiger partial charge in [-0.2, -0.15) is 0 Å². The van der Waals surface area contributed by atoms with Crippen molar-refractivity contribution in [2.24, 2.45) is 5.92 Å². The third-order valence-corrected chi connectivity index (χ3v) is 2.89. The third kappa shape index (κ3) is 3.09. The second-order valence-electron chi connectivity index (χ2n) is 4.15. The standard InChI is InChI=1S/C11H13BrN2O3/c1-6(2)10(7(3)15)11-9(14(16)17)4-8(12)5-13-11/h4-6,10H,1-3H3. The van der Waals surface area contributed by atoms with E-state index in [0.29, 0.717) is 4.47 Å². The zero-order chi connectivity index (χ0) is 13.2. The third-order valence-electron chi connectivity index (χ3n) is 2.46. The number of halogens is 1. The highest BCUT2D eigenvalue weighted by molar-refractivity contribution is 9.10. The van der Waals surface area contributed by atoms with Gasteiger partial charge in [-0.3, -0.25) is 19.9 Å². The lowest BCUT2D eigenvalue weighted by Gasteiger charge is -2.16. The van der Waals surface area contributed by atoms with Gasteiger partial charge in [0.25, 0.3) is 5.69 Å². The summed E-state index contributed by atoms with van der Waals surface area (Å²) in [6.07, 6.45) is 1.47. The summed E-state index contributed by atoms with van der Waals surface area (Å²) in [6.45, 7) is 5.12. The monoisotopic (exact) mass is 300 g/mol. The van der Waals surface area contributed by atoms with Gasteiger partial charge in [-0.25, -0.2) is 0 Å². The van der Waals surface area contributed by atoms with Crippen molar-refractivity contribution in [2.75, 3.05) is 0 Å². The first-order chi connectivity index (χ1) is 7.84. The first kappa shape index (κ1) is 13.8. The highest BCUT2D eigenvalue weighted by Gasteiger charge is 2.29. The van der Waals surface area contributed by atoms with Gasteiger partial charge in [-0.05, 0) is 28.8 Å². The van der Waals surface area contributed by atoms with E-state index in [2.05, 4.69) is 20.9 Å². The van der Waals surface area contributed by atoms with E-state index < -0.39 is 10.8 Å². The molecule has 1 heterocycles. The number of nitro groups is 1. The number of Topliss-reactive ketones (excluding diaryl/α,β-unsaturated/α-hetero) is 1. The minimum absolute atomic E-state index is 0.0279. The molecule has 0 aromatic carbocycles. The number of ketones is 1. The van der Waals surface area contributed by atoms with Crippen molar-refractivity contribution in [2.45, 2.75) is 26.7 Å². The maximum Gasteiger partial charge on any atom is 0.292 e. The summed E-state index contributed by atoms with van der Waals surface area (Å²) in [5, 5.41) is 11.0. The number of rotatable bonds is 4. The summed E-state index contributed by atoms with van der Waals surface area (Å²) in [4.78, 5) is 26.1. The van der Waals surface area contributed by atoms with Crippen molar-refractivity contribution in [3.05, 3.63) is 32.5 Å². The topological polar surface area (TPSA) is 73.1 Å². The van der Waals surface area contributed by atoms with Crippen LogP contribution in [-0.4, -0.2) is 15.7 Å². The van der Waals surface area contributed by atoms with Crippen molar-refractivity contribution >= 4 is 27.4 Å². The predicted molar refractivity (Wildman–Crippen MR) is 66.9 cm³/mol. The molecule has 0 aliphatic heterocycles. The van der Waals surface area contributed by atoms with E-state index in [-0.39, 0.29) is 23.1 Å². The molecule has 0 amide bonds. The number of pyridine rings is 1. The molecular formula is C11H13BrN2O3. The molecule has 1 aromatic heterocycles. The summed E-state index contributed by atoms with van der Waals surface area (Å²) in [7, 11) is 0. The van der Waals surface area contributed by atoms with Crippen LogP contribution in [0.4, 0.5) is 5.69 Å². The molecule has 6 heteroatoms. The van der Waals surface area contributed by atoms with Crippen LogP contribution in [-0.2, 0) is 4.79 Å². The van der Waals surface area contributed by atoms with Gasteiger partial charge in [0.05, 0.1) is 10.8 Å². The van der Waals surface area contributed by atoms with Gasteiger partial charge >= 0.3 is 0 Å². The number of nitrogens with zero attached hydrogens (tertiary/aromatic N) is 2. The Bertz CT molecular complexity index is 460. The Balaban J connectivity index is 3.37. The minimum Gasteiger partial charge on any atom is -0.299 e. The predicted octanol–water partition coefficient (Wildman–Crippen LogP) is 3.08. The summed E-state index contributed by atoms with van der Waals surface area (Å²) in [6, 6.07) is 1.38. The second kappa shape index (κ2) is 5.35. The molecule has 0 spiro atoms. The summed E-state index contributed by atoms with van der Waals surface area (Å²) < 4.78 is 0.527. The maximum absolute atomic E-state index is 11.6. The molecule has 0 radical (unpaired) electrons. The van der Waals surface area contributed by atoms with Crippen LogP contribution in [0, 0.1) is 16.0 Å². The fourth-order valence-corrected chi connectivity index (χ4v) is 2.12. The van der Waals surface area contributed by atoms with E-state index in [0.717, 1.165) is 0 Å². The van der Waals surface area contributed by atoms with Crippen LogP contribution in [0.25, 0.3) is 0 Å². The maximum atomic E-state index is 11.6. The Hall–Kier alpha value is -1.30. The fraction of sp³-hybridized carbons (Fsp3) is 0.455. The molecule has 92 valence electrons. The highest BCUT2D eigenvalue weighted by atomic mass is 79.9. The Labute approximate surface area is 108 Å². The molecule has 1 atom stereocenters. The molecule has 5 nitrogen and oxygen atoms in total. The van der Waals surface area contributed by atoms with Gasteiger partial charge < -0.3 is 0 Å². The SMILES string of the molecule is CC(=O)C(c1ncc(Br)cc1[N+](=O)[O-])C(C)C. The lowest BCUT2D eigenvalue weighted by atomic mass is 9.88. The highest BCUT2D eigenvalue weighted by Crippen LogP contribution is 2.32. The first-order valence-corrected chi connectivity index (χ1v) is 5.94. The summed E-state index contributed by atoms with van der Waals surface area (Å²) >= 11 is 3.14. The molecule has 0 N–H and O–H groups in total. The van der Waals surface area contributed by atoms with E-state index in [1.165, 1.54) is 19.2 Å². The summed E-state index contributed by atoms with van der Waals surface area (Å²) in [5.74, 6) is -0.679. The molecular weight excluding hydrogens is 288 g/mol. The van der Waals surface area contributed by atoms with Crippen molar-refractivity contribution in [1.29, 1.82) is 0 Å². The van der Waals surface area contributed by atoms with Crippen LogP contribution in [0.15, 0.2) is 16.7 Å². The zero-order valence-electron chi connectivity index (χ0n) is 9.81. The van der Waals surface area contributed by atoms with Crippen LogP contribution >= 0.6 is 15.9 Å². The van der Waals surface area contributed by atoms with Crippen LogP contribution in [0.2, 0.25) is 0 Å². The van der Waals surface area contributed by atoms with Crippen molar-refractivity contribution in [1.82, 2.24) is 4.98 Å². The van der Waals surface area contributed by atoms with Gasteiger partial charge in [-0.15, -0.1) is 0 Å². The van der Waals surface area contributed by atoms with Crippen LogP contribution in [0.1, 0.15) is 32.4 Å². The fourth-order valence-electron chi connectivity index (χ4n) is 1.80. The summed E-state index contributed by atoms with van der Waals surface area (Å²) in [5.41, 5.74) is 0.119. The van der Waals surface area contributed by atoms with Gasteiger partial charge in [0.2, 0.25) is 0 Å². The Kier molecular flexibility index (Phi) is 4.34. The zero-order valence-corrected chi connectivity index (χ0v) is 11.4. The van der Waals surface area contributed by atoms with E-state index in [4.69, 9.17) is 0 Å².